The Kier molecular flexibility index (Phi) is 6.84. The second-order valence-corrected chi connectivity index (χ2v) is 9.15. The van der Waals surface area contributed by atoms with Gasteiger partial charge < -0.3 is 15.5 Å². The second kappa shape index (κ2) is 9.95. The van der Waals surface area contributed by atoms with E-state index in [-0.39, 0.29) is 17.7 Å². The quantitative estimate of drug-likeness (QED) is 0.581. The van der Waals surface area contributed by atoms with Crippen LogP contribution in [0.1, 0.15) is 59.9 Å². The molecule has 3 amide bonds. The molecule has 0 bridgehead atoms. The zero-order valence-corrected chi connectivity index (χ0v) is 19.5. The van der Waals surface area contributed by atoms with Gasteiger partial charge in [-0.2, -0.15) is 0 Å². The molecule has 4 rings (SSSR count). The molecule has 0 unspecified atom stereocenters. The van der Waals surface area contributed by atoms with Crippen molar-refractivity contribution < 1.29 is 14.4 Å². The summed E-state index contributed by atoms with van der Waals surface area (Å²) < 4.78 is 0. The average Bonchev–Trinajstić information content (AvgIpc) is 3.21. The molecule has 0 atom stereocenters. The number of nitrogens with zero attached hydrogens (tertiary/aromatic N) is 2. The van der Waals surface area contributed by atoms with Crippen molar-refractivity contribution in [3.8, 4) is 0 Å². The van der Waals surface area contributed by atoms with E-state index in [0.717, 1.165) is 36.8 Å². The first-order valence-corrected chi connectivity index (χ1v) is 11.7. The normalized spacial score (nSPS) is 12.5. The Bertz CT molecular complexity index is 1170. The fourth-order valence-corrected chi connectivity index (χ4v) is 5.27. The third-order valence-corrected chi connectivity index (χ3v) is 6.95. The van der Waals surface area contributed by atoms with Crippen molar-refractivity contribution in [2.45, 2.75) is 32.2 Å². The molecular weight excluding hydrogens is 436 g/mol. The number of anilines is 1. The number of aromatic nitrogens is 1. The number of fused-ring (bicyclic) bond motifs is 1. The number of amides is 3. The molecule has 0 saturated heterocycles. The molecular formula is C25H26N4O3S. The molecule has 0 fully saturated rings. The predicted molar refractivity (Wildman–Crippen MR) is 129 cm³/mol. The third-order valence-electron chi connectivity index (χ3n) is 5.75. The summed E-state index contributed by atoms with van der Waals surface area (Å²) in [5.74, 6) is -0.542. The molecule has 0 saturated carbocycles. The van der Waals surface area contributed by atoms with Gasteiger partial charge in [0.2, 0.25) is 0 Å². The van der Waals surface area contributed by atoms with Gasteiger partial charge in [-0.25, -0.2) is 0 Å². The molecule has 7 nitrogen and oxygen atoms in total. The van der Waals surface area contributed by atoms with Crippen LogP contribution in [0.15, 0.2) is 48.8 Å². The van der Waals surface area contributed by atoms with Gasteiger partial charge >= 0.3 is 0 Å². The maximum atomic E-state index is 13.5. The molecule has 33 heavy (non-hydrogen) atoms. The van der Waals surface area contributed by atoms with Gasteiger partial charge in [0.15, 0.2) is 0 Å². The number of nitrogens with one attached hydrogen (secondary N) is 2. The van der Waals surface area contributed by atoms with E-state index in [0.29, 0.717) is 28.2 Å². The van der Waals surface area contributed by atoms with Crippen molar-refractivity contribution >= 4 is 34.1 Å². The molecule has 2 N–H and O–H groups in total. The smallest absolute Gasteiger partial charge is 0.257 e. The van der Waals surface area contributed by atoms with E-state index in [1.165, 1.54) is 22.4 Å². The Morgan fingerprint density at radius 1 is 1.03 bits per heavy atom. The number of hydrogen-bond acceptors (Lipinski definition) is 5. The summed E-state index contributed by atoms with van der Waals surface area (Å²) in [7, 11) is 3.35. The molecule has 0 aliphatic heterocycles. The van der Waals surface area contributed by atoms with E-state index < -0.39 is 0 Å². The van der Waals surface area contributed by atoms with E-state index in [1.54, 1.807) is 49.5 Å². The highest BCUT2D eigenvalue weighted by molar-refractivity contribution is 7.17. The van der Waals surface area contributed by atoms with Crippen LogP contribution in [0.3, 0.4) is 0 Å². The lowest BCUT2D eigenvalue weighted by Crippen LogP contribution is -2.28. The lowest BCUT2D eigenvalue weighted by molar-refractivity contribution is 0.0784. The summed E-state index contributed by atoms with van der Waals surface area (Å²) >= 11 is 1.50. The van der Waals surface area contributed by atoms with Crippen LogP contribution in [0.5, 0.6) is 0 Å². The fourth-order valence-electron chi connectivity index (χ4n) is 3.99. The summed E-state index contributed by atoms with van der Waals surface area (Å²) in [4.78, 5) is 44.9. The van der Waals surface area contributed by atoms with E-state index >= 15 is 0 Å². The number of hydrogen-bond donors (Lipinski definition) is 2. The minimum absolute atomic E-state index is 0.119. The van der Waals surface area contributed by atoms with Gasteiger partial charge in [-0.05, 0) is 61.1 Å². The number of benzene rings is 1. The van der Waals surface area contributed by atoms with Crippen LogP contribution >= 0.6 is 11.3 Å². The predicted octanol–water partition coefficient (Wildman–Crippen LogP) is 3.91. The minimum atomic E-state index is -0.275. The first-order chi connectivity index (χ1) is 16.0. The van der Waals surface area contributed by atoms with Gasteiger partial charge in [0.05, 0.1) is 11.1 Å². The zero-order valence-electron chi connectivity index (χ0n) is 18.7. The standard InChI is InChI=1S/C25H26N4O3S/c1-26-22(30)17-11-9-16(10-12-17)15-29(2)25(32)21-19-7-3-4-8-20(19)33-24(21)28-23(31)18-6-5-13-27-14-18/h5-6,9-14H,3-4,7-8,15H2,1-2H3,(H,26,30)(H,28,31). The summed E-state index contributed by atoms with van der Waals surface area (Å²) in [5.41, 5.74) is 3.59. The van der Waals surface area contributed by atoms with Crippen LogP contribution in [0, 0.1) is 0 Å². The van der Waals surface area contributed by atoms with Gasteiger partial charge in [0, 0.05) is 43.5 Å². The maximum absolute atomic E-state index is 13.5. The van der Waals surface area contributed by atoms with Crippen LogP contribution < -0.4 is 10.6 Å². The molecule has 1 aliphatic carbocycles. The van der Waals surface area contributed by atoms with Crippen molar-refractivity contribution in [1.29, 1.82) is 0 Å². The Balaban J connectivity index is 1.57. The number of pyridine rings is 1. The number of rotatable bonds is 6. The summed E-state index contributed by atoms with van der Waals surface area (Å²) in [5, 5.41) is 6.16. The summed E-state index contributed by atoms with van der Waals surface area (Å²) in [6.07, 6.45) is 7.01. The Morgan fingerprint density at radius 3 is 2.48 bits per heavy atom. The van der Waals surface area contributed by atoms with Crippen molar-refractivity contribution in [2.24, 2.45) is 0 Å². The number of aryl methyl sites for hydroxylation is 1. The largest absolute Gasteiger partial charge is 0.355 e. The van der Waals surface area contributed by atoms with Gasteiger partial charge in [0.25, 0.3) is 17.7 Å². The van der Waals surface area contributed by atoms with Crippen LogP contribution in [-0.4, -0.2) is 41.7 Å². The number of thiophene rings is 1. The molecule has 8 heteroatoms. The number of carbonyl (C=O) groups excluding carboxylic acids is 3. The monoisotopic (exact) mass is 462 g/mol. The molecule has 1 aromatic carbocycles. The highest BCUT2D eigenvalue weighted by Crippen LogP contribution is 2.39. The van der Waals surface area contributed by atoms with Gasteiger partial charge in [-0.15, -0.1) is 11.3 Å². The van der Waals surface area contributed by atoms with Crippen molar-refractivity contribution in [3.05, 3.63) is 81.5 Å². The first-order valence-electron chi connectivity index (χ1n) is 10.9. The Hall–Kier alpha value is -3.52. The summed E-state index contributed by atoms with van der Waals surface area (Å²) in [6.45, 7) is 0.396. The maximum Gasteiger partial charge on any atom is 0.257 e. The van der Waals surface area contributed by atoms with Crippen LogP contribution in [0.2, 0.25) is 0 Å². The van der Waals surface area contributed by atoms with Gasteiger partial charge in [-0.1, -0.05) is 12.1 Å². The summed E-state index contributed by atoms with van der Waals surface area (Å²) in [6, 6.07) is 10.6. The lowest BCUT2D eigenvalue weighted by atomic mass is 9.95. The molecule has 0 radical (unpaired) electrons. The van der Waals surface area contributed by atoms with Crippen LogP contribution in [-0.2, 0) is 19.4 Å². The molecule has 2 heterocycles. The van der Waals surface area contributed by atoms with Crippen LogP contribution in [0.25, 0.3) is 0 Å². The minimum Gasteiger partial charge on any atom is -0.355 e. The van der Waals surface area contributed by atoms with E-state index in [1.807, 2.05) is 12.1 Å². The van der Waals surface area contributed by atoms with E-state index in [2.05, 4.69) is 15.6 Å². The molecule has 0 spiro atoms. The van der Waals surface area contributed by atoms with Gasteiger partial charge in [0.1, 0.15) is 5.00 Å². The topological polar surface area (TPSA) is 91.4 Å². The van der Waals surface area contributed by atoms with E-state index in [9.17, 15) is 14.4 Å². The van der Waals surface area contributed by atoms with Crippen LogP contribution in [0.4, 0.5) is 5.00 Å². The zero-order chi connectivity index (χ0) is 23.4. The van der Waals surface area contributed by atoms with Crippen molar-refractivity contribution in [2.75, 3.05) is 19.4 Å². The Labute approximate surface area is 196 Å². The van der Waals surface area contributed by atoms with Crippen molar-refractivity contribution in [3.63, 3.8) is 0 Å². The first kappa shape index (κ1) is 22.7. The molecule has 170 valence electrons. The second-order valence-electron chi connectivity index (χ2n) is 8.05. The fraction of sp³-hybridized carbons (Fsp3) is 0.280. The number of carbonyl (C=O) groups is 3. The highest BCUT2D eigenvalue weighted by Gasteiger charge is 2.28. The van der Waals surface area contributed by atoms with Crippen molar-refractivity contribution in [1.82, 2.24) is 15.2 Å². The average molecular weight is 463 g/mol. The SMILES string of the molecule is CNC(=O)c1ccc(CN(C)C(=O)c2c(NC(=O)c3cccnc3)sc3c2CCCC3)cc1. The lowest BCUT2D eigenvalue weighted by Gasteiger charge is -2.20. The molecule has 3 aromatic rings. The third kappa shape index (κ3) is 4.96. The van der Waals surface area contributed by atoms with Gasteiger partial charge in [-0.3, -0.25) is 19.4 Å². The molecule has 2 aromatic heterocycles. The highest BCUT2D eigenvalue weighted by atomic mass is 32.1. The molecule has 1 aliphatic rings. The Morgan fingerprint density at radius 2 is 1.79 bits per heavy atom. The van der Waals surface area contributed by atoms with E-state index in [4.69, 9.17) is 0 Å².